The molecule has 0 heterocycles. The zero-order valence-corrected chi connectivity index (χ0v) is 10.4. The lowest BCUT2D eigenvalue weighted by molar-refractivity contribution is -0.155. The fraction of sp³-hybridized carbons (Fsp3) is 0.909. The molecule has 0 radical (unpaired) electrons. The van der Waals surface area contributed by atoms with Crippen LogP contribution in [0.4, 0.5) is 0 Å². The van der Waals surface area contributed by atoms with Crippen molar-refractivity contribution in [2.75, 3.05) is 6.61 Å². The SMILES string of the molecule is CCC(CC)COC(=O)C1(N)CCC1.Cl. The van der Waals surface area contributed by atoms with Gasteiger partial charge in [-0.1, -0.05) is 26.7 Å². The van der Waals surface area contributed by atoms with Crippen molar-refractivity contribution in [3.8, 4) is 0 Å². The Morgan fingerprint density at radius 2 is 1.93 bits per heavy atom. The van der Waals surface area contributed by atoms with E-state index in [2.05, 4.69) is 13.8 Å². The van der Waals surface area contributed by atoms with E-state index in [1.807, 2.05) is 0 Å². The monoisotopic (exact) mass is 235 g/mol. The second-order valence-electron chi connectivity index (χ2n) is 4.29. The summed E-state index contributed by atoms with van der Waals surface area (Å²) in [6, 6.07) is 0. The van der Waals surface area contributed by atoms with Crippen molar-refractivity contribution in [3.63, 3.8) is 0 Å². The maximum atomic E-state index is 11.5. The van der Waals surface area contributed by atoms with E-state index in [1.54, 1.807) is 0 Å². The quantitative estimate of drug-likeness (QED) is 0.744. The standard InChI is InChI=1S/C11H21NO2.ClH/c1-3-9(4-2)8-14-10(13)11(12)6-5-7-11;/h9H,3-8,12H2,1-2H3;1H. The molecular formula is C11H22ClNO2. The third-order valence-corrected chi connectivity index (χ3v) is 3.26. The summed E-state index contributed by atoms with van der Waals surface area (Å²) in [4.78, 5) is 11.5. The first kappa shape index (κ1) is 14.7. The first-order chi connectivity index (χ1) is 6.62. The molecule has 0 aliphatic heterocycles. The summed E-state index contributed by atoms with van der Waals surface area (Å²) in [5.41, 5.74) is 5.19. The summed E-state index contributed by atoms with van der Waals surface area (Å²) < 4.78 is 5.23. The molecular weight excluding hydrogens is 214 g/mol. The van der Waals surface area contributed by atoms with Crippen LogP contribution in [-0.2, 0) is 9.53 Å². The number of ether oxygens (including phenoxy) is 1. The topological polar surface area (TPSA) is 52.3 Å². The Bertz CT molecular complexity index is 201. The van der Waals surface area contributed by atoms with Crippen molar-refractivity contribution in [1.82, 2.24) is 0 Å². The second kappa shape index (κ2) is 6.33. The molecule has 0 spiro atoms. The van der Waals surface area contributed by atoms with Crippen LogP contribution in [-0.4, -0.2) is 18.1 Å². The first-order valence-electron chi connectivity index (χ1n) is 5.58. The lowest BCUT2D eigenvalue weighted by Gasteiger charge is -2.35. The highest BCUT2D eigenvalue weighted by molar-refractivity contribution is 5.85. The maximum Gasteiger partial charge on any atom is 0.326 e. The van der Waals surface area contributed by atoms with Crippen molar-refractivity contribution >= 4 is 18.4 Å². The number of halogens is 1. The molecule has 4 heteroatoms. The molecule has 3 nitrogen and oxygen atoms in total. The Hall–Kier alpha value is -0.280. The highest BCUT2D eigenvalue weighted by Crippen LogP contribution is 2.30. The summed E-state index contributed by atoms with van der Waals surface area (Å²) in [6.07, 6.45) is 4.74. The molecule has 1 saturated carbocycles. The molecule has 2 N–H and O–H groups in total. The maximum absolute atomic E-state index is 11.5. The highest BCUT2D eigenvalue weighted by Gasteiger charge is 2.41. The Kier molecular flexibility index (Phi) is 6.22. The van der Waals surface area contributed by atoms with E-state index in [-0.39, 0.29) is 18.4 Å². The molecule has 0 saturated heterocycles. The molecule has 1 rings (SSSR count). The van der Waals surface area contributed by atoms with Crippen LogP contribution in [0.25, 0.3) is 0 Å². The average molecular weight is 236 g/mol. The number of carbonyl (C=O) groups is 1. The van der Waals surface area contributed by atoms with Gasteiger partial charge in [0.05, 0.1) is 6.61 Å². The molecule has 90 valence electrons. The summed E-state index contributed by atoms with van der Waals surface area (Å²) >= 11 is 0. The lowest BCUT2D eigenvalue weighted by Crippen LogP contribution is -2.54. The van der Waals surface area contributed by atoms with Gasteiger partial charge in [0.1, 0.15) is 5.54 Å². The Morgan fingerprint density at radius 3 is 2.27 bits per heavy atom. The number of esters is 1. The molecule has 0 aromatic heterocycles. The van der Waals surface area contributed by atoms with E-state index in [1.165, 1.54) is 0 Å². The number of hydrogen-bond acceptors (Lipinski definition) is 3. The molecule has 0 unspecified atom stereocenters. The molecule has 0 aromatic carbocycles. The van der Waals surface area contributed by atoms with Gasteiger partial charge in [0, 0.05) is 0 Å². The zero-order valence-electron chi connectivity index (χ0n) is 9.62. The van der Waals surface area contributed by atoms with Gasteiger partial charge in [0.15, 0.2) is 0 Å². The predicted octanol–water partition coefficient (Wildman–Crippen LogP) is 2.27. The average Bonchev–Trinajstić information content (AvgIpc) is 2.15. The normalized spacial score (nSPS) is 17.9. The largest absolute Gasteiger partial charge is 0.464 e. The lowest BCUT2D eigenvalue weighted by atomic mass is 9.78. The Labute approximate surface area is 98.2 Å². The summed E-state index contributed by atoms with van der Waals surface area (Å²) in [5, 5.41) is 0. The van der Waals surface area contributed by atoms with Crippen LogP contribution in [0.15, 0.2) is 0 Å². The molecule has 1 aliphatic rings. The number of carbonyl (C=O) groups excluding carboxylic acids is 1. The minimum absolute atomic E-state index is 0. The second-order valence-corrected chi connectivity index (χ2v) is 4.29. The van der Waals surface area contributed by atoms with Gasteiger partial charge >= 0.3 is 5.97 Å². The van der Waals surface area contributed by atoms with Crippen molar-refractivity contribution < 1.29 is 9.53 Å². The van der Waals surface area contributed by atoms with Crippen LogP contribution in [0.2, 0.25) is 0 Å². The van der Waals surface area contributed by atoms with Gasteiger partial charge in [-0.05, 0) is 25.2 Å². The molecule has 1 fully saturated rings. The van der Waals surface area contributed by atoms with Gasteiger partial charge in [0.2, 0.25) is 0 Å². The smallest absolute Gasteiger partial charge is 0.326 e. The molecule has 15 heavy (non-hydrogen) atoms. The number of rotatable bonds is 5. The van der Waals surface area contributed by atoms with E-state index in [9.17, 15) is 4.79 Å². The van der Waals surface area contributed by atoms with Gasteiger partial charge in [-0.3, -0.25) is 4.79 Å². The van der Waals surface area contributed by atoms with Crippen molar-refractivity contribution in [3.05, 3.63) is 0 Å². The van der Waals surface area contributed by atoms with Crippen LogP contribution >= 0.6 is 12.4 Å². The zero-order chi connectivity index (χ0) is 10.6. The van der Waals surface area contributed by atoms with Gasteiger partial charge < -0.3 is 10.5 Å². The summed E-state index contributed by atoms with van der Waals surface area (Å²) in [5.74, 6) is 0.290. The molecule has 0 bridgehead atoms. The van der Waals surface area contributed by atoms with E-state index in [0.717, 1.165) is 32.1 Å². The summed E-state index contributed by atoms with van der Waals surface area (Å²) in [7, 11) is 0. The van der Waals surface area contributed by atoms with Crippen molar-refractivity contribution in [1.29, 1.82) is 0 Å². The fourth-order valence-corrected chi connectivity index (χ4v) is 1.62. The van der Waals surface area contributed by atoms with Crippen LogP contribution in [0.3, 0.4) is 0 Å². The first-order valence-corrected chi connectivity index (χ1v) is 5.58. The molecule has 0 atom stereocenters. The van der Waals surface area contributed by atoms with E-state index in [0.29, 0.717) is 12.5 Å². The van der Waals surface area contributed by atoms with Crippen LogP contribution < -0.4 is 5.73 Å². The van der Waals surface area contributed by atoms with Crippen LogP contribution in [0.5, 0.6) is 0 Å². The van der Waals surface area contributed by atoms with Crippen LogP contribution in [0.1, 0.15) is 46.0 Å². The number of nitrogens with two attached hydrogens (primary N) is 1. The van der Waals surface area contributed by atoms with Crippen LogP contribution in [0, 0.1) is 5.92 Å². The van der Waals surface area contributed by atoms with Gasteiger partial charge in [0.25, 0.3) is 0 Å². The van der Waals surface area contributed by atoms with Gasteiger partial charge in [-0.25, -0.2) is 0 Å². The Morgan fingerprint density at radius 1 is 1.40 bits per heavy atom. The van der Waals surface area contributed by atoms with E-state index in [4.69, 9.17) is 10.5 Å². The molecule has 0 amide bonds. The third-order valence-electron chi connectivity index (χ3n) is 3.26. The minimum atomic E-state index is -0.647. The van der Waals surface area contributed by atoms with Gasteiger partial charge in [-0.15, -0.1) is 12.4 Å². The summed E-state index contributed by atoms with van der Waals surface area (Å²) in [6.45, 7) is 4.76. The van der Waals surface area contributed by atoms with Gasteiger partial charge in [-0.2, -0.15) is 0 Å². The predicted molar refractivity (Wildman–Crippen MR) is 63.0 cm³/mol. The molecule has 1 aliphatic carbocycles. The minimum Gasteiger partial charge on any atom is -0.464 e. The highest BCUT2D eigenvalue weighted by atomic mass is 35.5. The van der Waals surface area contributed by atoms with E-state index < -0.39 is 5.54 Å². The Balaban J connectivity index is 0.00000196. The molecule has 0 aromatic rings. The van der Waals surface area contributed by atoms with Crippen molar-refractivity contribution in [2.24, 2.45) is 11.7 Å². The third kappa shape index (κ3) is 3.65. The fourth-order valence-electron chi connectivity index (χ4n) is 1.62. The van der Waals surface area contributed by atoms with E-state index >= 15 is 0 Å². The van der Waals surface area contributed by atoms with Crippen molar-refractivity contribution in [2.45, 2.75) is 51.5 Å². The number of hydrogen-bond donors (Lipinski definition) is 1.